The molecule has 1 aromatic carbocycles. The Bertz CT molecular complexity index is 499. The molecule has 2 rings (SSSR count). The molecular formula is C13H16N4O2. The highest BCUT2D eigenvalue weighted by Crippen LogP contribution is 2.04. The predicted octanol–water partition coefficient (Wildman–Crippen LogP) is 0.646. The third kappa shape index (κ3) is 4.18. The first-order chi connectivity index (χ1) is 9.25. The van der Waals surface area contributed by atoms with Crippen LogP contribution in [0.4, 0.5) is 0 Å². The van der Waals surface area contributed by atoms with Gasteiger partial charge in [0.05, 0.1) is 12.6 Å². The lowest BCUT2D eigenvalue weighted by Crippen LogP contribution is -2.40. The van der Waals surface area contributed by atoms with E-state index in [0.717, 1.165) is 6.42 Å². The predicted molar refractivity (Wildman–Crippen MR) is 68.9 cm³/mol. The van der Waals surface area contributed by atoms with E-state index in [1.54, 1.807) is 0 Å². The van der Waals surface area contributed by atoms with Gasteiger partial charge in [-0.15, -0.1) is 0 Å². The number of carbonyl (C=O) groups is 1. The number of nitrogens with one attached hydrogen (secondary N) is 1. The van der Waals surface area contributed by atoms with Gasteiger partial charge in [-0.2, -0.15) is 4.98 Å². The Balaban J connectivity index is 1.73. The van der Waals surface area contributed by atoms with Crippen LogP contribution in [0.3, 0.4) is 0 Å². The molecule has 0 saturated heterocycles. The third-order valence-electron chi connectivity index (χ3n) is 2.75. The van der Waals surface area contributed by atoms with E-state index < -0.39 is 6.04 Å². The zero-order valence-electron chi connectivity index (χ0n) is 10.5. The molecule has 1 heterocycles. The lowest BCUT2D eigenvalue weighted by atomic mass is 10.1. The van der Waals surface area contributed by atoms with Gasteiger partial charge in [0.25, 0.3) is 0 Å². The van der Waals surface area contributed by atoms with Crippen LogP contribution >= 0.6 is 0 Å². The third-order valence-corrected chi connectivity index (χ3v) is 2.75. The smallest absolute Gasteiger partial charge is 0.237 e. The summed E-state index contributed by atoms with van der Waals surface area (Å²) >= 11 is 0. The van der Waals surface area contributed by atoms with E-state index in [1.807, 2.05) is 30.3 Å². The monoisotopic (exact) mass is 260 g/mol. The van der Waals surface area contributed by atoms with Crippen molar-refractivity contribution in [1.82, 2.24) is 15.5 Å². The molecule has 1 amide bonds. The average molecular weight is 260 g/mol. The highest BCUT2D eigenvalue weighted by molar-refractivity contribution is 5.81. The van der Waals surface area contributed by atoms with Gasteiger partial charge < -0.3 is 15.6 Å². The first kappa shape index (κ1) is 13.2. The van der Waals surface area contributed by atoms with Crippen LogP contribution in [0.2, 0.25) is 0 Å². The topological polar surface area (TPSA) is 94.0 Å². The molecule has 3 N–H and O–H groups in total. The molecule has 0 aliphatic rings. The minimum Gasteiger partial charge on any atom is -0.347 e. The molecule has 19 heavy (non-hydrogen) atoms. The molecule has 1 aromatic heterocycles. The first-order valence-electron chi connectivity index (χ1n) is 6.08. The fourth-order valence-corrected chi connectivity index (χ4v) is 1.67. The Morgan fingerprint density at radius 3 is 2.84 bits per heavy atom. The lowest BCUT2D eigenvalue weighted by Gasteiger charge is -2.11. The van der Waals surface area contributed by atoms with Crippen LogP contribution in [-0.4, -0.2) is 22.1 Å². The SMILES string of the molecule is NC(CCc1ccccc1)C(=O)NCc1ncon1. The fraction of sp³-hybridized carbons (Fsp3) is 0.308. The molecule has 0 bridgehead atoms. The number of rotatable bonds is 6. The van der Waals surface area contributed by atoms with E-state index in [2.05, 4.69) is 20.0 Å². The molecule has 6 heteroatoms. The fourth-order valence-electron chi connectivity index (χ4n) is 1.67. The highest BCUT2D eigenvalue weighted by atomic mass is 16.5. The number of aryl methyl sites for hydroxylation is 1. The highest BCUT2D eigenvalue weighted by Gasteiger charge is 2.13. The summed E-state index contributed by atoms with van der Waals surface area (Å²) in [6, 6.07) is 9.40. The van der Waals surface area contributed by atoms with Gasteiger partial charge in [0, 0.05) is 0 Å². The van der Waals surface area contributed by atoms with Crippen molar-refractivity contribution in [2.75, 3.05) is 0 Å². The summed E-state index contributed by atoms with van der Waals surface area (Å²) in [5.41, 5.74) is 7.00. The number of hydrogen-bond acceptors (Lipinski definition) is 5. The van der Waals surface area contributed by atoms with E-state index in [1.165, 1.54) is 12.0 Å². The summed E-state index contributed by atoms with van der Waals surface area (Å²) in [7, 11) is 0. The van der Waals surface area contributed by atoms with Gasteiger partial charge >= 0.3 is 0 Å². The van der Waals surface area contributed by atoms with Crippen LogP contribution in [0, 0.1) is 0 Å². The molecule has 1 unspecified atom stereocenters. The van der Waals surface area contributed by atoms with Crippen LogP contribution in [0.15, 0.2) is 41.2 Å². The maximum atomic E-state index is 11.7. The van der Waals surface area contributed by atoms with E-state index >= 15 is 0 Å². The van der Waals surface area contributed by atoms with Crippen molar-refractivity contribution < 1.29 is 9.32 Å². The quantitative estimate of drug-likeness (QED) is 0.795. The summed E-state index contributed by atoms with van der Waals surface area (Å²) < 4.78 is 4.57. The molecule has 1 atom stereocenters. The number of hydrogen-bond donors (Lipinski definition) is 2. The minimum atomic E-state index is -0.535. The van der Waals surface area contributed by atoms with Crippen LogP contribution in [0.5, 0.6) is 0 Å². The lowest BCUT2D eigenvalue weighted by molar-refractivity contribution is -0.122. The number of aromatic nitrogens is 2. The van der Waals surface area contributed by atoms with Crippen molar-refractivity contribution in [3.8, 4) is 0 Å². The Morgan fingerprint density at radius 1 is 1.37 bits per heavy atom. The van der Waals surface area contributed by atoms with Crippen LogP contribution in [0.25, 0.3) is 0 Å². The Hall–Kier alpha value is -2.21. The number of amides is 1. The van der Waals surface area contributed by atoms with E-state index in [4.69, 9.17) is 5.73 Å². The Morgan fingerprint density at radius 2 is 2.16 bits per heavy atom. The van der Waals surface area contributed by atoms with Crippen molar-refractivity contribution in [2.45, 2.75) is 25.4 Å². The van der Waals surface area contributed by atoms with E-state index in [-0.39, 0.29) is 12.5 Å². The van der Waals surface area contributed by atoms with Crippen LogP contribution in [-0.2, 0) is 17.8 Å². The van der Waals surface area contributed by atoms with Gasteiger partial charge in [-0.05, 0) is 18.4 Å². The second-order valence-corrected chi connectivity index (χ2v) is 4.20. The van der Waals surface area contributed by atoms with Crippen molar-refractivity contribution in [1.29, 1.82) is 0 Å². The Kier molecular flexibility index (Phi) is 4.63. The maximum absolute atomic E-state index is 11.7. The van der Waals surface area contributed by atoms with Crippen LogP contribution < -0.4 is 11.1 Å². The summed E-state index contributed by atoms with van der Waals surface area (Å²) in [6.45, 7) is 0.231. The molecule has 6 nitrogen and oxygen atoms in total. The summed E-state index contributed by atoms with van der Waals surface area (Å²) in [5.74, 6) is 0.226. The molecule has 0 radical (unpaired) electrons. The number of nitrogens with two attached hydrogens (primary N) is 1. The number of nitrogens with zero attached hydrogens (tertiary/aromatic N) is 2. The van der Waals surface area contributed by atoms with Crippen molar-refractivity contribution >= 4 is 5.91 Å². The molecule has 0 aliphatic heterocycles. The normalized spacial score (nSPS) is 12.1. The van der Waals surface area contributed by atoms with Crippen LogP contribution in [0.1, 0.15) is 17.8 Å². The van der Waals surface area contributed by atoms with Gasteiger partial charge in [-0.25, -0.2) is 0 Å². The number of benzene rings is 1. The maximum Gasteiger partial charge on any atom is 0.237 e. The molecule has 0 aliphatic carbocycles. The van der Waals surface area contributed by atoms with Gasteiger partial charge in [-0.3, -0.25) is 4.79 Å². The largest absolute Gasteiger partial charge is 0.347 e. The van der Waals surface area contributed by atoms with Gasteiger partial charge in [0.1, 0.15) is 0 Å². The first-order valence-corrected chi connectivity index (χ1v) is 6.08. The molecule has 0 spiro atoms. The Labute approximate surface area is 111 Å². The molecule has 0 fully saturated rings. The van der Waals surface area contributed by atoms with E-state index in [9.17, 15) is 4.79 Å². The second-order valence-electron chi connectivity index (χ2n) is 4.20. The average Bonchev–Trinajstić information content (AvgIpc) is 2.96. The molecule has 2 aromatic rings. The summed E-state index contributed by atoms with van der Waals surface area (Å²) in [4.78, 5) is 15.5. The summed E-state index contributed by atoms with van der Waals surface area (Å²) in [6.07, 6.45) is 2.59. The number of carbonyl (C=O) groups excluding carboxylic acids is 1. The zero-order valence-corrected chi connectivity index (χ0v) is 10.5. The van der Waals surface area contributed by atoms with Crippen molar-refractivity contribution in [3.63, 3.8) is 0 Å². The van der Waals surface area contributed by atoms with Crippen molar-refractivity contribution in [3.05, 3.63) is 48.1 Å². The minimum absolute atomic E-state index is 0.208. The molecule has 100 valence electrons. The summed E-state index contributed by atoms with van der Waals surface area (Å²) in [5, 5.41) is 6.27. The van der Waals surface area contributed by atoms with Gasteiger partial charge in [0.2, 0.25) is 12.3 Å². The van der Waals surface area contributed by atoms with Gasteiger partial charge in [-0.1, -0.05) is 35.5 Å². The van der Waals surface area contributed by atoms with E-state index in [0.29, 0.717) is 12.2 Å². The second kappa shape index (κ2) is 6.65. The zero-order chi connectivity index (χ0) is 13.5. The molecular weight excluding hydrogens is 244 g/mol. The standard InChI is InChI=1S/C13H16N4O2/c14-11(7-6-10-4-2-1-3-5-10)13(18)15-8-12-16-9-19-17-12/h1-5,9,11H,6-8,14H2,(H,15,18). The molecule has 0 saturated carbocycles. The van der Waals surface area contributed by atoms with Gasteiger partial charge in [0.15, 0.2) is 5.82 Å². The van der Waals surface area contributed by atoms with Crippen molar-refractivity contribution in [2.24, 2.45) is 5.73 Å².